The first-order valence-corrected chi connectivity index (χ1v) is 5.65. The highest BCUT2D eigenvalue weighted by Gasteiger charge is 2.24. The Morgan fingerprint density at radius 2 is 1.71 bits per heavy atom. The van der Waals surface area contributed by atoms with Crippen molar-refractivity contribution in [2.45, 2.75) is 66.0 Å². The Labute approximate surface area is 89.1 Å². The Balaban J connectivity index is 3.93. The fraction of sp³-hybridized carbons (Fsp3) is 1.00. The Kier molecular flexibility index (Phi) is 5.10. The van der Waals surface area contributed by atoms with Crippen LogP contribution in [-0.2, 0) is 0 Å². The van der Waals surface area contributed by atoms with E-state index in [1.807, 2.05) is 6.92 Å². The average molecular weight is 201 g/mol. The van der Waals surface area contributed by atoms with Crippen LogP contribution in [0, 0.1) is 5.41 Å². The zero-order valence-corrected chi connectivity index (χ0v) is 10.6. The maximum atomic E-state index is 9.97. The Morgan fingerprint density at radius 1 is 1.21 bits per heavy atom. The number of aliphatic hydroxyl groups is 1. The summed E-state index contributed by atoms with van der Waals surface area (Å²) >= 11 is 0. The molecule has 0 aliphatic heterocycles. The van der Waals surface area contributed by atoms with E-state index in [-0.39, 0.29) is 5.41 Å². The van der Waals surface area contributed by atoms with Gasteiger partial charge in [0.1, 0.15) is 0 Å². The van der Waals surface area contributed by atoms with Gasteiger partial charge >= 0.3 is 0 Å². The van der Waals surface area contributed by atoms with Crippen molar-refractivity contribution in [1.82, 2.24) is 5.32 Å². The predicted octanol–water partition coefficient (Wildman–Crippen LogP) is 2.56. The molecule has 0 aromatic heterocycles. The molecule has 0 amide bonds. The van der Waals surface area contributed by atoms with E-state index >= 15 is 0 Å². The molecule has 0 aromatic rings. The minimum Gasteiger partial charge on any atom is -0.389 e. The Hall–Kier alpha value is -0.0800. The van der Waals surface area contributed by atoms with Crippen LogP contribution in [0.15, 0.2) is 0 Å². The van der Waals surface area contributed by atoms with Gasteiger partial charge in [0.05, 0.1) is 5.60 Å². The van der Waals surface area contributed by atoms with E-state index in [0.29, 0.717) is 12.6 Å². The van der Waals surface area contributed by atoms with Crippen molar-refractivity contribution in [3.8, 4) is 0 Å². The van der Waals surface area contributed by atoms with Gasteiger partial charge < -0.3 is 10.4 Å². The van der Waals surface area contributed by atoms with Crippen molar-refractivity contribution in [2.75, 3.05) is 6.54 Å². The Bertz CT molecular complexity index is 158. The first-order chi connectivity index (χ1) is 6.19. The van der Waals surface area contributed by atoms with Crippen molar-refractivity contribution < 1.29 is 5.11 Å². The molecule has 2 N–H and O–H groups in total. The molecular formula is C12H27NO. The molecule has 0 aliphatic rings. The molecule has 0 aromatic carbocycles. The van der Waals surface area contributed by atoms with Crippen LogP contribution in [0.5, 0.6) is 0 Å². The first kappa shape index (κ1) is 13.9. The molecule has 2 nitrogen and oxygen atoms in total. The van der Waals surface area contributed by atoms with Gasteiger partial charge in [-0.1, -0.05) is 34.1 Å². The highest BCUT2D eigenvalue weighted by Crippen LogP contribution is 2.19. The van der Waals surface area contributed by atoms with Crippen molar-refractivity contribution in [3.05, 3.63) is 0 Å². The summed E-state index contributed by atoms with van der Waals surface area (Å²) in [6.45, 7) is 13.5. The van der Waals surface area contributed by atoms with E-state index in [2.05, 4.69) is 39.9 Å². The third-order valence-electron chi connectivity index (χ3n) is 2.88. The van der Waals surface area contributed by atoms with Crippen molar-refractivity contribution in [3.63, 3.8) is 0 Å². The lowest BCUT2D eigenvalue weighted by molar-refractivity contribution is 0.0433. The zero-order chi connectivity index (χ0) is 11.4. The van der Waals surface area contributed by atoms with Gasteiger partial charge in [-0.05, 0) is 25.7 Å². The molecule has 0 heterocycles. The molecule has 0 bridgehead atoms. The van der Waals surface area contributed by atoms with Crippen molar-refractivity contribution >= 4 is 0 Å². The van der Waals surface area contributed by atoms with Gasteiger partial charge in [0, 0.05) is 12.6 Å². The minimum atomic E-state index is -0.561. The smallest absolute Gasteiger partial charge is 0.0743 e. The number of hydrogen-bond acceptors (Lipinski definition) is 2. The van der Waals surface area contributed by atoms with Crippen LogP contribution in [0.4, 0.5) is 0 Å². The summed E-state index contributed by atoms with van der Waals surface area (Å²) in [6.07, 6.45) is 1.88. The van der Waals surface area contributed by atoms with Gasteiger partial charge in [-0.2, -0.15) is 0 Å². The molecule has 2 unspecified atom stereocenters. The van der Waals surface area contributed by atoms with Gasteiger partial charge in [-0.3, -0.25) is 0 Å². The van der Waals surface area contributed by atoms with Crippen LogP contribution < -0.4 is 5.32 Å². The van der Waals surface area contributed by atoms with Crippen LogP contribution >= 0.6 is 0 Å². The van der Waals surface area contributed by atoms with Crippen molar-refractivity contribution in [1.29, 1.82) is 0 Å². The second-order valence-corrected chi connectivity index (χ2v) is 5.72. The van der Waals surface area contributed by atoms with Gasteiger partial charge in [0.2, 0.25) is 0 Å². The van der Waals surface area contributed by atoms with E-state index in [1.54, 1.807) is 0 Å². The van der Waals surface area contributed by atoms with Crippen molar-refractivity contribution in [2.24, 2.45) is 5.41 Å². The van der Waals surface area contributed by atoms with E-state index < -0.39 is 5.60 Å². The fourth-order valence-electron chi connectivity index (χ4n) is 1.31. The topological polar surface area (TPSA) is 32.3 Å². The lowest BCUT2D eigenvalue weighted by Gasteiger charge is -2.32. The summed E-state index contributed by atoms with van der Waals surface area (Å²) < 4.78 is 0. The summed E-state index contributed by atoms with van der Waals surface area (Å²) in [5.74, 6) is 0. The van der Waals surface area contributed by atoms with Gasteiger partial charge in [0.25, 0.3) is 0 Å². The lowest BCUT2D eigenvalue weighted by Crippen LogP contribution is -2.46. The quantitative estimate of drug-likeness (QED) is 0.716. The molecule has 0 saturated carbocycles. The highest BCUT2D eigenvalue weighted by atomic mass is 16.3. The molecule has 0 aliphatic carbocycles. The van der Waals surface area contributed by atoms with Crippen LogP contribution in [-0.4, -0.2) is 23.3 Å². The first-order valence-electron chi connectivity index (χ1n) is 5.65. The van der Waals surface area contributed by atoms with Gasteiger partial charge in [-0.15, -0.1) is 0 Å². The lowest BCUT2D eigenvalue weighted by atomic mass is 9.87. The molecule has 0 spiro atoms. The number of nitrogens with one attached hydrogen (secondary N) is 1. The SMILES string of the molecule is CCCC(C)(O)CNC(C)C(C)(C)C. The molecule has 0 radical (unpaired) electrons. The van der Waals surface area contributed by atoms with Crippen LogP contribution in [0.1, 0.15) is 54.4 Å². The molecule has 0 fully saturated rings. The second kappa shape index (κ2) is 5.13. The van der Waals surface area contributed by atoms with E-state index in [9.17, 15) is 5.11 Å². The molecule has 2 atom stereocenters. The molecule has 14 heavy (non-hydrogen) atoms. The summed E-state index contributed by atoms with van der Waals surface area (Å²) in [6, 6.07) is 0.422. The Morgan fingerprint density at radius 3 is 2.07 bits per heavy atom. The predicted molar refractivity (Wildman–Crippen MR) is 62.5 cm³/mol. The minimum absolute atomic E-state index is 0.252. The third kappa shape index (κ3) is 5.61. The fourth-order valence-corrected chi connectivity index (χ4v) is 1.31. The highest BCUT2D eigenvalue weighted by molar-refractivity contribution is 4.81. The maximum absolute atomic E-state index is 9.97. The average Bonchev–Trinajstić information content (AvgIpc) is 1.98. The van der Waals surface area contributed by atoms with Crippen LogP contribution in [0.25, 0.3) is 0 Å². The van der Waals surface area contributed by atoms with Crippen LogP contribution in [0.3, 0.4) is 0 Å². The molecule has 0 rings (SSSR count). The van der Waals surface area contributed by atoms with Crippen LogP contribution in [0.2, 0.25) is 0 Å². The number of rotatable bonds is 5. The van der Waals surface area contributed by atoms with Gasteiger partial charge in [-0.25, -0.2) is 0 Å². The summed E-state index contributed by atoms with van der Waals surface area (Å²) in [4.78, 5) is 0. The van der Waals surface area contributed by atoms with E-state index in [1.165, 1.54) is 0 Å². The molecular weight excluding hydrogens is 174 g/mol. The second-order valence-electron chi connectivity index (χ2n) is 5.72. The molecule has 86 valence electrons. The largest absolute Gasteiger partial charge is 0.389 e. The summed E-state index contributed by atoms with van der Waals surface area (Å²) in [5, 5.41) is 13.4. The normalized spacial score (nSPS) is 19.1. The van der Waals surface area contributed by atoms with Gasteiger partial charge in [0.15, 0.2) is 0 Å². The number of hydrogen-bond donors (Lipinski definition) is 2. The third-order valence-corrected chi connectivity index (χ3v) is 2.88. The van der Waals surface area contributed by atoms with E-state index in [4.69, 9.17) is 0 Å². The maximum Gasteiger partial charge on any atom is 0.0743 e. The molecule has 0 saturated heterocycles. The monoisotopic (exact) mass is 201 g/mol. The van der Waals surface area contributed by atoms with E-state index in [0.717, 1.165) is 12.8 Å². The standard InChI is InChI=1S/C12H27NO/c1-7-8-12(6,14)9-13-10(2)11(3,4)5/h10,13-14H,7-9H2,1-6H3. The summed E-state index contributed by atoms with van der Waals surface area (Å²) in [7, 11) is 0. The molecule has 2 heteroatoms. The zero-order valence-electron chi connectivity index (χ0n) is 10.6. The summed E-state index contributed by atoms with van der Waals surface area (Å²) in [5.41, 5.74) is -0.309.